The Morgan fingerprint density at radius 2 is 1.80 bits per heavy atom. The number of esters is 2. The summed E-state index contributed by atoms with van der Waals surface area (Å²) in [5.74, 6) is -2.45. The Balaban J connectivity index is 1.52. The summed E-state index contributed by atoms with van der Waals surface area (Å²) in [5, 5.41) is 32.4. The maximum Gasteiger partial charge on any atom is 0.330 e. The fourth-order valence-corrected chi connectivity index (χ4v) is 10.0. The molecule has 3 aliphatic carbocycles. The zero-order chi connectivity index (χ0) is 29.7. The van der Waals surface area contributed by atoms with Crippen molar-refractivity contribution < 1.29 is 39.1 Å². The average Bonchev–Trinajstić information content (AvgIpc) is 3.14. The Labute approximate surface area is 238 Å². The van der Waals surface area contributed by atoms with Crippen LogP contribution in [-0.2, 0) is 23.8 Å². The fraction of sp³-hybridized carbons (Fsp3) is 0.812. The van der Waals surface area contributed by atoms with Gasteiger partial charge in [-0.15, -0.1) is 0 Å². The van der Waals surface area contributed by atoms with Crippen LogP contribution in [0, 0.1) is 39.9 Å². The molecule has 0 amide bonds. The number of allylic oxidation sites excluding steroid dienone is 2. The van der Waals surface area contributed by atoms with Gasteiger partial charge >= 0.3 is 11.9 Å². The maximum absolute atomic E-state index is 12.6. The van der Waals surface area contributed by atoms with Crippen LogP contribution in [0.1, 0.15) is 87.5 Å². The molecule has 40 heavy (non-hydrogen) atoms. The zero-order valence-corrected chi connectivity index (χ0v) is 25.3. The van der Waals surface area contributed by atoms with Crippen molar-refractivity contribution in [3.63, 3.8) is 0 Å². The van der Waals surface area contributed by atoms with Crippen molar-refractivity contribution in [1.82, 2.24) is 0 Å². The molecule has 0 aromatic carbocycles. The summed E-state index contributed by atoms with van der Waals surface area (Å²) >= 11 is 0. The lowest BCUT2D eigenvalue weighted by molar-refractivity contribution is -0.353. The van der Waals surface area contributed by atoms with Crippen LogP contribution in [0.2, 0.25) is 0 Å². The Bertz CT molecular complexity index is 1130. The summed E-state index contributed by atoms with van der Waals surface area (Å²) in [4.78, 5) is 25.1. The number of ether oxygens (including phenoxy) is 3. The van der Waals surface area contributed by atoms with Crippen molar-refractivity contribution in [2.45, 2.75) is 117 Å². The van der Waals surface area contributed by atoms with Crippen molar-refractivity contribution in [3.8, 4) is 0 Å². The lowest BCUT2D eigenvalue weighted by Gasteiger charge is -2.65. The van der Waals surface area contributed by atoms with Crippen molar-refractivity contribution in [2.75, 3.05) is 6.61 Å². The first-order chi connectivity index (χ1) is 18.3. The molecule has 0 spiro atoms. The number of fused-ring (bicyclic) bond motifs is 5. The van der Waals surface area contributed by atoms with Crippen molar-refractivity contribution in [3.05, 3.63) is 23.8 Å². The van der Waals surface area contributed by atoms with E-state index >= 15 is 0 Å². The van der Waals surface area contributed by atoms with Crippen LogP contribution in [0.4, 0.5) is 0 Å². The van der Waals surface area contributed by atoms with Crippen LogP contribution in [0.3, 0.4) is 0 Å². The van der Waals surface area contributed by atoms with Crippen LogP contribution < -0.4 is 0 Å². The molecule has 5 rings (SSSR count). The van der Waals surface area contributed by atoms with Crippen LogP contribution >= 0.6 is 0 Å². The third kappa shape index (κ3) is 4.07. The van der Waals surface area contributed by atoms with Gasteiger partial charge in [0.15, 0.2) is 0 Å². The summed E-state index contributed by atoms with van der Waals surface area (Å²) in [6.45, 7) is 15.3. The van der Waals surface area contributed by atoms with E-state index in [0.717, 1.165) is 19.3 Å². The molecule has 2 saturated carbocycles. The van der Waals surface area contributed by atoms with Gasteiger partial charge in [-0.1, -0.05) is 38.5 Å². The van der Waals surface area contributed by atoms with Gasteiger partial charge < -0.3 is 29.5 Å². The number of carbonyl (C=O) groups is 2. The summed E-state index contributed by atoms with van der Waals surface area (Å²) in [5.41, 5.74) is -2.09. The third-order valence-corrected chi connectivity index (χ3v) is 11.9. The lowest BCUT2D eigenvalue weighted by atomic mass is 9.40. The maximum atomic E-state index is 12.6. The first-order valence-electron chi connectivity index (χ1n) is 14.9. The highest BCUT2D eigenvalue weighted by Crippen LogP contribution is 2.72. The van der Waals surface area contributed by atoms with E-state index in [1.165, 1.54) is 26.3 Å². The predicted molar refractivity (Wildman–Crippen MR) is 148 cm³/mol. The van der Waals surface area contributed by atoms with Gasteiger partial charge in [0.05, 0.1) is 6.61 Å². The van der Waals surface area contributed by atoms with E-state index in [4.69, 9.17) is 14.2 Å². The van der Waals surface area contributed by atoms with E-state index in [1.54, 1.807) is 6.08 Å². The molecule has 0 radical (unpaired) electrons. The first-order valence-corrected chi connectivity index (χ1v) is 14.9. The Kier molecular flexibility index (Phi) is 6.79. The van der Waals surface area contributed by atoms with Gasteiger partial charge in [-0.3, -0.25) is 4.79 Å². The number of hydrogen-bond acceptors (Lipinski definition) is 8. The highest BCUT2D eigenvalue weighted by Gasteiger charge is 2.69. The topological polar surface area (TPSA) is 123 Å². The second kappa shape index (κ2) is 9.13. The molecule has 224 valence electrons. The SMILES string of the molecule is CC(=O)O[C@@H]1C[C@H]2C(C)(C)OC(=O)C=C[C@]2(C)[C@H]2CC[C@]3(C)C(=CC[C@H]3[C@@H]3COC(O)(C(C)(C)O)C(O)C3)[C@@]21C. The van der Waals surface area contributed by atoms with Crippen molar-refractivity contribution >= 4 is 11.9 Å². The van der Waals surface area contributed by atoms with Gasteiger partial charge in [-0.2, -0.15) is 0 Å². The monoisotopic (exact) mass is 560 g/mol. The lowest BCUT2D eigenvalue weighted by Crippen LogP contribution is -2.65. The Morgan fingerprint density at radius 3 is 2.40 bits per heavy atom. The largest absolute Gasteiger partial charge is 0.462 e. The molecular weight excluding hydrogens is 512 g/mol. The number of hydrogen-bond donors (Lipinski definition) is 3. The van der Waals surface area contributed by atoms with Gasteiger partial charge in [-0.25, -0.2) is 4.79 Å². The molecule has 5 aliphatic rings. The summed E-state index contributed by atoms with van der Waals surface area (Å²) in [6, 6.07) is 0. The quantitative estimate of drug-likeness (QED) is 0.349. The molecule has 2 heterocycles. The minimum atomic E-state index is -2.02. The van der Waals surface area contributed by atoms with Crippen LogP contribution in [0.25, 0.3) is 0 Å². The molecule has 3 fully saturated rings. The third-order valence-electron chi connectivity index (χ3n) is 11.9. The number of cyclic esters (lactones) is 1. The standard InChI is InChI=1S/C32H48O8/c1-18(33)39-25-16-23-27(2,3)40-26(35)12-14-30(23,7)22-11-13-29(6)20(9-10-21(29)31(22,25)8)19-15-24(34)32(37,38-17-19)28(4,5)36/h10,12,14,19-20,22-25,34,36-37H,9,11,13,15-17H2,1-8H3/t19-,20-,22+,23-,24?,25+,29-,30+,31-,32?/m0/s1. The van der Waals surface area contributed by atoms with Gasteiger partial charge in [0.2, 0.25) is 5.79 Å². The second-order valence-corrected chi connectivity index (χ2v) is 14.9. The van der Waals surface area contributed by atoms with Crippen LogP contribution in [0.5, 0.6) is 0 Å². The molecule has 2 aliphatic heterocycles. The van der Waals surface area contributed by atoms with E-state index < -0.39 is 28.5 Å². The summed E-state index contributed by atoms with van der Waals surface area (Å²) in [6.07, 6.45) is 7.85. The van der Waals surface area contributed by atoms with Crippen LogP contribution in [0.15, 0.2) is 23.8 Å². The smallest absolute Gasteiger partial charge is 0.330 e. The Morgan fingerprint density at radius 1 is 1.12 bits per heavy atom. The minimum Gasteiger partial charge on any atom is -0.462 e. The van der Waals surface area contributed by atoms with Gasteiger partial charge in [0.25, 0.3) is 0 Å². The van der Waals surface area contributed by atoms with E-state index in [1.807, 2.05) is 13.8 Å². The van der Waals surface area contributed by atoms with E-state index in [2.05, 4.69) is 32.9 Å². The molecule has 8 heteroatoms. The number of rotatable bonds is 3. The summed E-state index contributed by atoms with van der Waals surface area (Å²) in [7, 11) is 0. The van der Waals surface area contributed by atoms with Gasteiger partial charge in [0, 0.05) is 24.3 Å². The first kappa shape index (κ1) is 29.7. The van der Waals surface area contributed by atoms with Crippen molar-refractivity contribution in [1.29, 1.82) is 0 Å². The van der Waals surface area contributed by atoms with E-state index in [9.17, 15) is 24.9 Å². The molecule has 0 aromatic rings. The minimum absolute atomic E-state index is 0.0154. The second-order valence-electron chi connectivity index (χ2n) is 14.9. The average molecular weight is 561 g/mol. The molecule has 1 saturated heterocycles. The molecule has 0 bridgehead atoms. The highest BCUT2D eigenvalue weighted by atomic mass is 16.7. The molecule has 0 aromatic heterocycles. The van der Waals surface area contributed by atoms with Crippen molar-refractivity contribution in [2.24, 2.45) is 39.9 Å². The normalized spacial score (nSPS) is 48.2. The number of carbonyl (C=O) groups excluding carboxylic acids is 2. The van der Waals surface area contributed by atoms with Crippen LogP contribution in [-0.4, -0.2) is 63.1 Å². The molecule has 8 nitrogen and oxygen atoms in total. The fourth-order valence-electron chi connectivity index (χ4n) is 10.0. The molecule has 10 atom stereocenters. The Hall–Kier alpha value is -1.74. The van der Waals surface area contributed by atoms with E-state index in [0.29, 0.717) is 12.8 Å². The van der Waals surface area contributed by atoms with Gasteiger partial charge in [-0.05, 0) is 88.4 Å². The predicted octanol–water partition coefficient (Wildman–Crippen LogP) is 4.06. The molecule has 3 N–H and O–H groups in total. The molecular formula is C32H48O8. The zero-order valence-electron chi connectivity index (χ0n) is 25.3. The molecule has 2 unspecified atom stereocenters. The van der Waals surface area contributed by atoms with E-state index in [-0.39, 0.29) is 59.2 Å². The number of aliphatic hydroxyl groups is 3. The van der Waals surface area contributed by atoms with Gasteiger partial charge in [0.1, 0.15) is 23.4 Å². The number of aliphatic hydroxyl groups excluding tert-OH is 1. The highest BCUT2D eigenvalue weighted by molar-refractivity contribution is 5.83. The summed E-state index contributed by atoms with van der Waals surface area (Å²) < 4.78 is 17.9.